The summed E-state index contributed by atoms with van der Waals surface area (Å²) in [6.07, 6.45) is 4.22. The van der Waals surface area contributed by atoms with Gasteiger partial charge >= 0.3 is 0 Å². The molecule has 1 atom stereocenters. The van der Waals surface area contributed by atoms with Crippen molar-refractivity contribution in [2.45, 2.75) is 56.9 Å². The summed E-state index contributed by atoms with van der Waals surface area (Å²) in [6.45, 7) is 4.44. The number of hydrogen-bond acceptors (Lipinski definition) is 3. The summed E-state index contributed by atoms with van der Waals surface area (Å²) in [5.74, 6) is -1.42. The van der Waals surface area contributed by atoms with Gasteiger partial charge in [0.05, 0.1) is 10.5 Å². The zero-order chi connectivity index (χ0) is 21.0. The Labute approximate surface area is 172 Å². The fourth-order valence-corrected chi connectivity index (χ4v) is 5.49. The van der Waals surface area contributed by atoms with Crippen molar-refractivity contribution in [2.75, 3.05) is 11.9 Å². The van der Waals surface area contributed by atoms with Gasteiger partial charge in [-0.1, -0.05) is 32.4 Å². The smallest absolute Gasteiger partial charge is 0.258 e. The molecular weight excluding hydrogens is 391 g/mol. The Balaban J connectivity index is 1.87. The van der Waals surface area contributed by atoms with Gasteiger partial charge in [0.2, 0.25) is 10.0 Å². The van der Waals surface area contributed by atoms with E-state index in [0.29, 0.717) is 12.2 Å². The van der Waals surface area contributed by atoms with Gasteiger partial charge in [0.1, 0.15) is 5.82 Å². The summed E-state index contributed by atoms with van der Waals surface area (Å²) in [6, 6.07) is 10.6. The van der Waals surface area contributed by atoms with E-state index in [0.717, 1.165) is 49.8 Å². The average Bonchev–Trinajstić information content (AvgIpc) is 2.74. The number of sulfonamides is 1. The first-order valence-corrected chi connectivity index (χ1v) is 11.5. The van der Waals surface area contributed by atoms with Crippen LogP contribution in [0.3, 0.4) is 0 Å². The third-order valence-electron chi connectivity index (χ3n) is 5.45. The molecule has 2 aromatic rings. The first kappa shape index (κ1) is 21.5. The lowest BCUT2D eigenvalue weighted by Crippen LogP contribution is -2.43. The highest BCUT2D eigenvalue weighted by molar-refractivity contribution is 7.89. The Morgan fingerprint density at radius 3 is 2.52 bits per heavy atom. The Bertz CT molecular complexity index is 974. The van der Waals surface area contributed by atoms with Crippen molar-refractivity contribution in [1.82, 2.24) is 4.31 Å². The summed E-state index contributed by atoms with van der Waals surface area (Å²) in [5.41, 5.74) is 1.37. The monoisotopic (exact) mass is 418 g/mol. The average molecular weight is 419 g/mol. The van der Waals surface area contributed by atoms with Crippen molar-refractivity contribution >= 4 is 21.6 Å². The summed E-state index contributed by atoms with van der Waals surface area (Å²) in [4.78, 5) is 12.6. The molecule has 2 aromatic carbocycles. The third kappa shape index (κ3) is 4.67. The molecule has 0 radical (unpaired) electrons. The van der Waals surface area contributed by atoms with Crippen LogP contribution in [0.15, 0.2) is 47.4 Å². The number of anilines is 1. The third-order valence-corrected chi connectivity index (χ3v) is 7.40. The lowest BCUT2D eigenvalue weighted by molar-refractivity contribution is 0.102. The van der Waals surface area contributed by atoms with E-state index in [9.17, 15) is 17.6 Å². The van der Waals surface area contributed by atoms with Crippen LogP contribution >= 0.6 is 0 Å². The number of nitrogens with zero attached hydrogens (tertiary/aromatic N) is 1. The summed E-state index contributed by atoms with van der Waals surface area (Å²) in [7, 11) is -3.79. The van der Waals surface area contributed by atoms with Gasteiger partial charge in [0, 0.05) is 18.3 Å². The number of aryl methyl sites for hydroxylation is 1. The van der Waals surface area contributed by atoms with Crippen molar-refractivity contribution in [3.8, 4) is 0 Å². The molecule has 1 aliphatic heterocycles. The lowest BCUT2D eigenvalue weighted by atomic mass is 10.0. The van der Waals surface area contributed by atoms with Gasteiger partial charge in [0.15, 0.2) is 0 Å². The van der Waals surface area contributed by atoms with E-state index in [1.807, 2.05) is 26.0 Å². The van der Waals surface area contributed by atoms with Crippen LogP contribution in [0.2, 0.25) is 0 Å². The van der Waals surface area contributed by atoms with Crippen molar-refractivity contribution in [2.24, 2.45) is 0 Å². The minimum atomic E-state index is -3.79. The highest BCUT2D eigenvalue weighted by atomic mass is 32.2. The van der Waals surface area contributed by atoms with E-state index < -0.39 is 21.7 Å². The molecule has 0 aromatic heterocycles. The van der Waals surface area contributed by atoms with Gasteiger partial charge in [-0.15, -0.1) is 0 Å². The molecule has 1 N–H and O–H groups in total. The number of hydrogen-bond donors (Lipinski definition) is 1. The van der Waals surface area contributed by atoms with Crippen LogP contribution in [-0.2, 0) is 16.4 Å². The fourth-order valence-electron chi connectivity index (χ4n) is 3.69. The molecule has 0 aliphatic carbocycles. The standard InChI is InChI=1S/C22H27FN2O3S/c1-3-16-8-10-17(11-9-16)24-22(26)20-15-19(12-13-21(20)23)29(27,28)25-14-6-5-7-18(25)4-2/h8-13,15,18H,3-7,14H2,1-2H3,(H,24,26)/t18-/m0/s1. The maximum Gasteiger partial charge on any atom is 0.258 e. The van der Waals surface area contributed by atoms with Gasteiger partial charge in [-0.3, -0.25) is 4.79 Å². The molecule has 0 spiro atoms. The topological polar surface area (TPSA) is 66.5 Å². The Morgan fingerprint density at radius 2 is 1.86 bits per heavy atom. The molecular formula is C22H27FN2O3S. The van der Waals surface area contributed by atoms with Crippen molar-refractivity contribution in [3.63, 3.8) is 0 Å². The van der Waals surface area contributed by atoms with Crippen LogP contribution in [-0.4, -0.2) is 31.2 Å². The molecule has 1 saturated heterocycles. The molecule has 1 aliphatic rings. The molecule has 1 amide bonds. The SMILES string of the molecule is CCc1ccc(NC(=O)c2cc(S(=O)(=O)N3CCCC[C@@H]3CC)ccc2F)cc1. The van der Waals surface area contributed by atoms with Gasteiger partial charge in [-0.05, 0) is 61.6 Å². The van der Waals surface area contributed by atoms with Crippen LogP contribution in [0.1, 0.15) is 55.5 Å². The van der Waals surface area contributed by atoms with Crippen LogP contribution in [0, 0.1) is 5.82 Å². The van der Waals surface area contributed by atoms with Crippen LogP contribution in [0.4, 0.5) is 10.1 Å². The van der Waals surface area contributed by atoms with Crippen LogP contribution < -0.4 is 5.32 Å². The molecule has 0 unspecified atom stereocenters. The zero-order valence-corrected chi connectivity index (χ0v) is 17.6. The van der Waals surface area contributed by atoms with Gasteiger partial charge < -0.3 is 5.32 Å². The molecule has 0 saturated carbocycles. The van der Waals surface area contributed by atoms with Gasteiger partial charge in [-0.25, -0.2) is 12.8 Å². The van der Waals surface area contributed by atoms with Gasteiger partial charge in [-0.2, -0.15) is 4.31 Å². The Hall–Kier alpha value is -2.25. The Kier molecular flexibility index (Phi) is 6.70. The lowest BCUT2D eigenvalue weighted by Gasteiger charge is -2.34. The van der Waals surface area contributed by atoms with Crippen LogP contribution in [0.5, 0.6) is 0 Å². The molecule has 7 heteroatoms. The normalized spacial score (nSPS) is 17.8. The first-order valence-electron chi connectivity index (χ1n) is 10.1. The first-order chi connectivity index (χ1) is 13.9. The molecule has 1 fully saturated rings. The van der Waals surface area contributed by atoms with E-state index in [1.54, 1.807) is 12.1 Å². The number of carbonyl (C=O) groups is 1. The molecule has 3 rings (SSSR count). The molecule has 0 bridgehead atoms. The van der Waals surface area contributed by atoms with E-state index in [1.165, 1.54) is 10.4 Å². The molecule has 156 valence electrons. The number of carbonyl (C=O) groups excluding carboxylic acids is 1. The van der Waals surface area contributed by atoms with Crippen molar-refractivity contribution in [1.29, 1.82) is 0 Å². The number of piperidine rings is 1. The molecule has 29 heavy (non-hydrogen) atoms. The maximum atomic E-state index is 14.3. The zero-order valence-electron chi connectivity index (χ0n) is 16.8. The molecule has 1 heterocycles. The predicted molar refractivity (Wildman–Crippen MR) is 112 cm³/mol. The minimum absolute atomic E-state index is 0.0502. The summed E-state index contributed by atoms with van der Waals surface area (Å²) >= 11 is 0. The van der Waals surface area contributed by atoms with Crippen molar-refractivity contribution in [3.05, 3.63) is 59.4 Å². The quantitative estimate of drug-likeness (QED) is 0.746. The number of benzene rings is 2. The largest absolute Gasteiger partial charge is 0.322 e. The number of halogens is 1. The second-order valence-corrected chi connectivity index (χ2v) is 9.21. The number of rotatable bonds is 6. The summed E-state index contributed by atoms with van der Waals surface area (Å²) < 4.78 is 42.1. The highest BCUT2D eigenvalue weighted by Crippen LogP contribution is 2.28. The fraction of sp³-hybridized carbons (Fsp3) is 0.409. The Morgan fingerprint density at radius 1 is 1.14 bits per heavy atom. The molecule has 5 nitrogen and oxygen atoms in total. The highest BCUT2D eigenvalue weighted by Gasteiger charge is 2.33. The van der Waals surface area contributed by atoms with E-state index >= 15 is 0 Å². The van der Waals surface area contributed by atoms with E-state index in [4.69, 9.17) is 0 Å². The van der Waals surface area contributed by atoms with E-state index in [2.05, 4.69) is 5.32 Å². The maximum absolute atomic E-state index is 14.3. The second-order valence-electron chi connectivity index (χ2n) is 7.32. The number of amides is 1. The summed E-state index contributed by atoms with van der Waals surface area (Å²) in [5, 5.41) is 2.64. The van der Waals surface area contributed by atoms with E-state index in [-0.39, 0.29) is 16.5 Å². The van der Waals surface area contributed by atoms with Gasteiger partial charge in [0.25, 0.3) is 5.91 Å². The minimum Gasteiger partial charge on any atom is -0.322 e. The van der Waals surface area contributed by atoms with Crippen LogP contribution in [0.25, 0.3) is 0 Å². The second kappa shape index (κ2) is 9.05. The van der Waals surface area contributed by atoms with Crippen molar-refractivity contribution < 1.29 is 17.6 Å². The number of nitrogens with one attached hydrogen (secondary N) is 1. The predicted octanol–water partition coefficient (Wildman–Crippen LogP) is 4.59.